The summed E-state index contributed by atoms with van der Waals surface area (Å²) in [5, 5.41) is 11.6. The minimum Gasteiger partial charge on any atom is -0.391 e. The van der Waals surface area contributed by atoms with E-state index in [-0.39, 0.29) is 23.5 Å². The van der Waals surface area contributed by atoms with Crippen LogP contribution in [0.2, 0.25) is 0 Å². The number of pyridine rings is 1. The topological polar surface area (TPSA) is 82.2 Å². The third-order valence-corrected chi connectivity index (χ3v) is 3.46. The van der Waals surface area contributed by atoms with Gasteiger partial charge in [-0.1, -0.05) is 0 Å². The summed E-state index contributed by atoms with van der Waals surface area (Å²) in [6.07, 6.45) is 1.41. The van der Waals surface area contributed by atoms with Crippen LogP contribution >= 0.6 is 11.3 Å². The quantitative estimate of drug-likeness (QED) is 0.756. The van der Waals surface area contributed by atoms with Crippen molar-refractivity contribution in [3.05, 3.63) is 32.9 Å². The number of rotatable bonds is 3. The van der Waals surface area contributed by atoms with Crippen LogP contribution < -0.4 is 10.7 Å². The van der Waals surface area contributed by atoms with Gasteiger partial charge in [0.05, 0.1) is 16.8 Å². The minimum atomic E-state index is -0.380. The summed E-state index contributed by atoms with van der Waals surface area (Å²) in [6, 6.07) is 1.71. The molecule has 0 atom stereocenters. The summed E-state index contributed by atoms with van der Waals surface area (Å²) in [7, 11) is 0. The van der Waals surface area contributed by atoms with E-state index in [1.807, 2.05) is 0 Å². The van der Waals surface area contributed by atoms with Gasteiger partial charge in [0.2, 0.25) is 5.43 Å². The van der Waals surface area contributed by atoms with E-state index in [0.29, 0.717) is 21.6 Å². The Labute approximate surface area is 101 Å². The lowest BCUT2D eigenvalue weighted by molar-refractivity contribution is 0.0954. The fourth-order valence-electron chi connectivity index (χ4n) is 1.56. The number of H-pyrrole nitrogens is 1. The van der Waals surface area contributed by atoms with Crippen molar-refractivity contribution >= 4 is 27.5 Å². The van der Waals surface area contributed by atoms with Crippen LogP contribution in [0.1, 0.15) is 22.2 Å². The molecule has 2 aromatic heterocycles. The molecule has 2 heterocycles. The predicted molar refractivity (Wildman–Crippen MR) is 66.4 cm³/mol. The highest BCUT2D eigenvalue weighted by atomic mass is 32.1. The number of aliphatic hydroxyl groups is 1. The molecule has 90 valence electrons. The molecule has 6 heteroatoms. The number of aliphatic hydroxyl groups excluding tert-OH is 1. The lowest BCUT2D eigenvalue weighted by Crippen LogP contribution is -2.28. The zero-order valence-corrected chi connectivity index (χ0v) is 10.1. The van der Waals surface area contributed by atoms with Gasteiger partial charge < -0.3 is 15.4 Å². The highest BCUT2D eigenvalue weighted by Crippen LogP contribution is 2.21. The van der Waals surface area contributed by atoms with Gasteiger partial charge in [0, 0.05) is 17.6 Å². The van der Waals surface area contributed by atoms with E-state index in [2.05, 4.69) is 10.3 Å². The van der Waals surface area contributed by atoms with E-state index >= 15 is 0 Å². The van der Waals surface area contributed by atoms with Gasteiger partial charge in [-0.15, -0.1) is 11.3 Å². The Bertz CT molecular complexity index is 615. The molecule has 0 bridgehead atoms. The second-order valence-corrected chi connectivity index (χ2v) is 4.64. The van der Waals surface area contributed by atoms with Gasteiger partial charge in [0.1, 0.15) is 5.56 Å². The number of hydrogen-bond acceptors (Lipinski definition) is 4. The van der Waals surface area contributed by atoms with Crippen LogP contribution in [0.4, 0.5) is 0 Å². The van der Waals surface area contributed by atoms with E-state index in [4.69, 9.17) is 5.11 Å². The van der Waals surface area contributed by atoms with E-state index in [1.165, 1.54) is 17.5 Å². The van der Waals surface area contributed by atoms with Crippen LogP contribution in [0.25, 0.3) is 10.2 Å². The zero-order valence-electron chi connectivity index (χ0n) is 9.24. The highest BCUT2D eigenvalue weighted by Gasteiger charge is 2.13. The van der Waals surface area contributed by atoms with Crippen molar-refractivity contribution in [2.24, 2.45) is 0 Å². The molecule has 0 saturated carbocycles. The van der Waals surface area contributed by atoms with Gasteiger partial charge in [-0.2, -0.15) is 0 Å². The van der Waals surface area contributed by atoms with Crippen molar-refractivity contribution in [1.29, 1.82) is 0 Å². The Balaban J connectivity index is 2.57. The largest absolute Gasteiger partial charge is 0.391 e. The average Bonchev–Trinajstić information content (AvgIpc) is 2.73. The summed E-state index contributed by atoms with van der Waals surface area (Å²) in [5.74, 6) is -0.380. The first-order valence-corrected chi connectivity index (χ1v) is 6.02. The molecular formula is C11H12N2O3S. The Morgan fingerprint density at radius 1 is 1.59 bits per heavy atom. The Morgan fingerprint density at radius 3 is 3.00 bits per heavy atom. The normalized spacial score (nSPS) is 10.7. The summed E-state index contributed by atoms with van der Waals surface area (Å²) < 4.78 is 0.470. The third kappa shape index (κ3) is 2.09. The van der Waals surface area contributed by atoms with Crippen LogP contribution in [0.5, 0.6) is 0 Å². The van der Waals surface area contributed by atoms with Gasteiger partial charge in [-0.25, -0.2) is 0 Å². The van der Waals surface area contributed by atoms with E-state index in [9.17, 15) is 9.59 Å². The van der Waals surface area contributed by atoms with E-state index in [0.717, 1.165) is 0 Å². The predicted octanol–water partition coefficient (Wildman–Crippen LogP) is 0.832. The highest BCUT2D eigenvalue weighted by molar-refractivity contribution is 7.18. The second kappa shape index (κ2) is 4.68. The number of carbonyl (C=O) groups is 1. The summed E-state index contributed by atoms with van der Waals surface area (Å²) in [4.78, 5) is 27.2. The molecule has 0 saturated heterocycles. The maximum atomic E-state index is 12.0. The van der Waals surface area contributed by atoms with Crippen LogP contribution in [-0.2, 0) is 6.61 Å². The first kappa shape index (κ1) is 11.8. The molecule has 0 aliphatic carbocycles. The van der Waals surface area contributed by atoms with Gasteiger partial charge in [0.25, 0.3) is 5.91 Å². The molecule has 0 unspecified atom stereocenters. The van der Waals surface area contributed by atoms with Crippen molar-refractivity contribution in [2.45, 2.75) is 13.5 Å². The molecule has 0 fully saturated rings. The number of hydrogen-bond donors (Lipinski definition) is 3. The summed E-state index contributed by atoms with van der Waals surface area (Å²) in [5.41, 5.74) is 0.456. The van der Waals surface area contributed by atoms with Gasteiger partial charge in [0.15, 0.2) is 0 Å². The van der Waals surface area contributed by atoms with Crippen molar-refractivity contribution in [3.63, 3.8) is 0 Å². The Hall–Kier alpha value is -1.66. The zero-order chi connectivity index (χ0) is 12.4. The molecule has 0 aromatic carbocycles. The Morgan fingerprint density at radius 2 is 2.35 bits per heavy atom. The molecule has 17 heavy (non-hydrogen) atoms. The molecule has 5 nitrogen and oxygen atoms in total. The standard InChI is InChI=1S/C11H12N2O3S/c1-2-12-11(16)7-4-13-8-3-6(5-14)17-10(8)9(7)15/h3-4,14H,2,5H2,1H3,(H,12,16)(H,13,15). The van der Waals surface area contributed by atoms with E-state index in [1.54, 1.807) is 13.0 Å². The number of aromatic amines is 1. The van der Waals surface area contributed by atoms with Crippen LogP contribution in [0.15, 0.2) is 17.1 Å². The van der Waals surface area contributed by atoms with Gasteiger partial charge >= 0.3 is 0 Å². The van der Waals surface area contributed by atoms with Crippen LogP contribution in [0.3, 0.4) is 0 Å². The van der Waals surface area contributed by atoms with Crippen LogP contribution in [0, 0.1) is 0 Å². The third-order valence-electron chi connectivity index (χ3n) is 2.34. The van der Waals surface area contributed by atoms with Crippen molar-refractivity contribution in [2.75, 3.05) is 6.54 Å². The van der Waals surface area contributed by atoms with Gasteiger partial charge in [-0.3, -0.25) is 9.59 Å². The number of aromatic nitrogens is 1. The lowest BCUT2D eigenvalue weighted by atomic mass is 10.2. The first-order valence-electron chi connectivity index (χ1n) is 5.20. The van der Waals surface area contributed by atoms with Crippen molar-refractivity contribution in [3.8, 4) is 0 Å². The monoisotopic (exact) mass is 252 g/mol. The number of thiophene rings is 1. The molecule has 2 rings (SSSR count). The second-order valence-electron chi connectivity index (χ2n) is 3.50. The maximum Gasteiger partial charge on any atom is 0.256 e. The Kier molecular flexibility index (Phi) is 3.26. The number of fused-ring (bicyclic) bond motifs is 1. The van der Waals surface area contributed by atoms with Gasteiger partial charge in [-0.05, 0) is 13.0 Å². The van der Waals surface area contributed by atoms with Crippen LogP contribution in [-0.4, -0.2) is 22.5 Å². The lowest BCUT2D eigenvalue weighted by Gasteiger charge is -2.00. The molecule has 0 spiro atoms. The summed E-state index contributed by atoms with van der Waals surface area (Å²) >= 11 is 1.20. The number of nitrogens with one attached hydrogen (secondary N) is 2. The van der Waals surface area contributed by atoms with Crippen molar-refractivity contribution in [1.82, 2.24) is 10.3 Å². The van der Waals surface area contributed by atoms with Crippen molar-refractivity contribution < 1.29 is 9.90 Å². The molecule has 1 amide bonds. The molecule has 0 aliphatic rings. The summed E-state index contributed by atoms with van der Waals surface area (Å²) in [6.45, 7) is 2.16. The molecule has 0 radical (unpaired) electrons. The maximum absolute atomic E-state index is 12.0. The fourth-order valence-corrected chi connectivity index (χ4v) is 2.49. The number of amides is 1. The smallest absolute Gasteiger partial charge is 0.256 e. The SMILES string of the molecule is CCNC(=O)c1c[nH]c2cc(CO)sc2c1=O. The molecule has 0 aliphatic heterocycles. The fraction of sp³-hybridized carbons (Fsp3) is 0.273. The molecular weight excluding hydrogens is 240 g/mol. The molecule has 3 N–H and O–H groups in total. The first-order chi connectivity index (χ1) is 8.17. The van der Waals surface area contributed by atoms with E-state index < -0.39 is 0 Å². The average molecular weight is 252 g/mol. The number of carbonyl (C=O) groups excluding carboxylic acids is 1. The molecule has 2 aromatic rings. The minimum absolute atomic E-state index is 0.102.